The molecule has 0 aromatic rings. The minimum Gasteiger partial charge on any atom is -0.316 e. The van der Waals surface area contributed by atoms with Crippen LogP contribution in [0.4, 0.5) is 0 Å². The summed E-state index contributed by atoms with van der Waals surface area (Å²) in [5.41, 5.74) is 0.386. The monoisotopic (exact) mass is 267 g/mol. The maximum atomic E-state index is 3.59. The first-order valence-corrected chi connectivity index (χ1v) is 8.17. The van der Waals surface area contributed by atoms with Crippen molar-refractivity contribution in [3.05, 3.63) is 0 Å². The molecule has 2 fully saturated rings. The fourth-order valence-corrected chi connectivity index (χ4v) is 3.79. The standard InChI is InChI=1S/C16H33N3/c1-5-9-17-12-16(2,3)13-19-10-8-14-6-7-15(11-19)18(14)4/h14-15,17H,5-13H2,1-4H3. The third-order valence-corrected chi connectivity index (χ3v) is 4.91. The van der Waals surface area contributed by atoms with Gasteiger partial charge in [-0.05, 0) is 51.2 Å². The van der Waals surface area contributed by atoms with Gasteiger partial charge in [-0.2, -0.15) is 0 Å². The Bertz CT molecular complexity index is 277. The van der Waals surface area contributed by atoms with E-state index in [-0.39, 0.29) is 0 Å². The second-order valence-corrected chi connectivity index (χ2v) is 7.42. The van der Waals surface area contributed by atoms with Crippen molar-refractivity contribution in [2.45, 2.75) is 58.5 Å². The number of hydrogen-bond donors (Lipinski definition) is 1. The average Bonchev–Trinajstić information content (AvgIpc) is 2.58. The first-order chi connectivity index (χ1) is 9.02. The van der Waals surface area contributed by atoms with Crippen LogP contribution in [-0.4, -0.2) is 61.7 Å². The Kier molecular flexibility index (Phi) is 5.27. The molecular formula is C16H33N3. The minimum absolute atomic E-state index is 0.386. The first kappa shape index (κ1) is 15.3. The smallest absolute Gasteiger partial charge is 0.0223 e. The normalized spacial score (nSPS) is 29.7. The van der Waals surface area contributed by atoms with Gasteiger partial charge in [-0.25, -0.2) is 0 Å². The van der Waals surface area contributed by atoms with E-state index in [0.29, 0.717) is 5.41 Å². The SMILES string of the molecule is CCCNCC(C)(C)CN1CCC2CCC(C1)N2C. The van der Waals surface area contributed by atoms with Gasteiger partial charge in [0.15, 0.2) is 0 Å². The number of likely N-dealkylation sites (tertiary alicyclic amines) is 1. The first-order valence-electron chi connectivity index (χ1n) is 8.17. The second kappa shape index (κ2) is 6.55. The predicted octanol–water partition coefficient (Wildman–Crippen LogP) is 2.18. The Morgan fingerprint density at radius 1 is 1.16 bits per heavy atom. The van der Waals surface area contributed by atoms with E-state index in [9.17, 15) is 0 Å². The quantitative estimate of drug-likeness (QED) is 0.744. The molecule has 0 saturated carbocycles. The molecule has 2 rings (SSSR count). The number of fused-ring (bicyclic) bond motifs is 2. The zero-order valence-corrected chi connectivity index (χ0v) is 13.4. The minimum atomic E-state index is 0.386. The molecule has 2 aliphatic rings. The molecule has 2 atom stereocenters. The molecule has 0 aromatic carbocycles. The van der Waals surface area contributed by atoms with Gasteiger partial charge >= 0.3 is 0 Å². The van der Waals surface area contributed by atoms with E-state index < -0.39 is 0 Å². The predicted molar refractivity (Wildman–Crippen MR) is 82.6 cm³/mol. The molecule has 0 aromatic heterocycles. The van der Waals surface area contributed by atoms with E-state index in [1.165, 1.54) is 45.3 Å². The zero-order valence-electron chi connectivity index (χ0n) is 13.4. The van der Waals surface area contributed by atoms with Crippen LogP contribution in [0.5, 0.6) is 0 Å². The molecule has 112 valence electrons. The fourth-order valence-electron chi connectivity index (χ4n) is 3.79. The summed E-state index contributed by atoms with van der Waals surface area (Å²) in [5.74, 6) is 0. The van der Waals surface area contributed by atoms with E-state index in [4.69, 9.17) is 0 Å². The van der Waals surface area contributed by atoms with Crippen molar-refractivity contribution in [2.75, 3.05) is 39.8 Å². The molecule has 3 nitrogen and oxygen atoms in total. The van der Waals surface area contributed by atoms with Crippen LogP contribution in [0.2, 0.25) is 0 Å². The molecule has 19 heavy (non-hydrogen) atoms. The molecule has 0 aliphatic carbocycles. The van der Waals surface area contributed by atoms with Crippen molar-refractivity contribution in [3.63, 3.8) is 0 Å². The van der Waals surface area contributed by atoms with Crippen LogP contribution < -0.4 is 5.32 Å². The molecule has 2 bridgehead atoms. The number of nitrogens with one attached hydrogen (secondary N) is 1. The highest BCUT2D eigenvalue weighted by atomic mass is 15.3. The highest BCUT2D eigenvalue weighted by Crippen LogP contribution is 2.29. The van der Waals surface area contributed by atoms with E-state index in [1.54, 1.807) is 0 Å². The third-order valence-electron chi connectivity index (χ3n) is 4.91. The largest absolute Gasteiger partial charge is 0.316 e. The molecule has 2 heterocycles. The lowest BCUT2D eigenvalue weighted by Gasteiger charge is -2.34. The number of likely N-dealkylation sites (N-methyl/N-ethyl adjacent to an activating group) is 1. The average molecular weight is 267 g/mol. The summed E-state index contributed by atoms with van der Waals surface area (Å²) in [6.07, 6.45) is 5.43. The second-order valence-electron chi connectivity index (χ2n) is 7.42. The Labute approximate surface area is 119 Å². The van der Waals surface area contributed by atoms with Gasteiger partial charge < -0.3 is 10.2 Å². The van der Waals surface area contributed by atoms with Crippen molar-refractivity contribution < 1.29 is 0 Å². The Balaban J connectivity index is 1.82. The topological polar surface area (TPSA) is 18.5 Å². The fraction of sp³-hybridized carbons (Fsp3) is 1.00. The van der Waals surface area contributed by atoms with Gasteiger partial charge in [0.2, 0.25) is 0 Å². The van der Waals surface area contributed by atoms with E-state index in [2.05, 4.69) is 42.9 Å². The van der Waals surface area contributed by atoms with Gasteiger partial charge in [0.1, 0.15) is 0 Å². The van der Waals surface area contributed by atoms with Gasteiger partial charge in [0, 0.05) is 31.7 Å². The Morgan fingerprint density at radius 2 is 1.89 bits per heavy atom. The van der Waals surface area contributed by atoms with Crippen LogP contribution in [0.3, 0.4) is 0 Å². The lowest BCUT2D eigenvalue weighted by Crippen LogP contribution is -2.44. The maximum absolute atomic E-state index is 3.59. The molecule has 0 spiro atoms. The lowest BCUT2D eigenvalue weighted by molar-refractivity contribution is 0.158. The van der Waals surface area contributed by atoms with E-state index in [1.807, 2.05) is 0 Å². The zero-order chi connectivity index (χ0) is 13.9. The van der Waals surface area contributed by atoms with Gasteiger partial charge in [-0.15, -0.1) is 0 Å². The summed E-state index contributed by atoms with van der Waals surface area (Å²) in [5, 5.41) is 3.59. The molecule has 2 unspecified atom stereocenters. The van der Waals surface area contributed by atoms with Gasteiger partial charge in [-0.3, -0.25) is 4.90 Å². The molecule has 0 amide bonds. The van der Waals surface area contributed by atoms with Crippen LogP contribution in [0.1, 0.15) is 46.5 Å². The summed E-state index contributed by atoms with van der Waals surface area (Å²) in [6, 6.07) is 1.67. The highest BCUT2D eigenvalue weighted by Gasteiger charge is 2.35. The molecular weight excluding hydrogens is 234 g/mol. The number of nitrogens with zero attached hydrogens (tertiary/aromatic N) is 2. The van der Waals surface area contributed by atoms with Crippen molar-refractivity contribution in [2.24, 2.45) is 5.41 Å². The summed E-state index contributed by atoms with van der Waals surface area (Å²) < 4.78 is 0. The molecule has 3 heteroatoms. The highest BCUT2D eigenvalue weighted by molar-refractivity contribution is 4.92. The van der Waals surface area contributed by atoms with Crippen molar-refractivity contribution in [3.8, 4) is 0 Å². The van der Waals surface area contributed by atoms with Gasteiger partial charge in [-0.1, -0.05) is 20.8 Å². The summed E-state index contributed by atoms with van der Waals surface area (Å²) >= 11 is 0. The maximum Gasteiger partial charge on any atom is 0.0223 e. The van der Waals surface area contributed by atoms with E-state index >= 15 is 0 Å². The van der Waals surface area contributed by atoms with Crippen molar-refractivity contribution >= 4 is 0 Å². The number of rotatable bonds is 6. The van der Waals surface area contributed by atoms with Crippen LogP contribution >= 0.6 is 0 Å². The molecule has 2 saturated heterocycles. The molecule has 1 N–H and O–H groups in total. The van der Waals surface area contributed by atoms with Gasteiger partial charge in [0.05, 0.1) is 0 Å². The lowest BCUT2D eigenvalue weighted by atomic mass is 9.92. The van der Waals surface area contributed by atoms with Crippen LogP contribution in [-0.2, 0) is 0 Å². The van der Waals surface area contributed by atoms with Crippen molar-refractivity contribution in [1.29, 1.82) is 0 Å². The molecule has 0 radical (unpaired) electrons. The summed E-state index contributed by atoms with van der Waals surface area (Å²) in [7, 11) is 2.33. The Hall–Kier alpha value is -0.120. The van der Waals surface area contributed by atoms with Crippen LogP contribution in [0.25, 0.3) is 0 Å². The van der Waals surface area contributed by atoms with Crippen LogP contribution in [0.15, 0.2) is 0 Å². The Morgan fingerprint density at radius 3 is 2.63 bits per heavy atom. The third kappa shape index (κ3) is 4.17. The van der Waals surface area contributed by atoms with Gasteiger partial charge in [0.25, 0.3) is 0 Å². The number of hydrogen-bond acceptors (Lipinski definition) is 3. The summed E-state index contributed by atoms with van der Waals surface area (Å²) in [4.78, 5) is 5.36. The molecule has 2 aliphatic heterocycles. The van der Waals surface area contributed by atoms with Crippen LogP contribution in [0, 0.1) is 5.41 Å². The van der Waals surface area contributed by atoms with Crippen molar-refractivity contribution in [1.82, 2.24) is 15.1 Å². The summed E-state index contributed by atoms with van der Waals surface area (Å²) in [6.45, 7) is 13.2. The van der Waals surface area contributed by atoms with E-state index in [0.717, 1.165) is 25.2 Å².